The fraction of sp³-hybridized carbons (Fsp3) is 0.310. The van der Waals surface area contributed by atoms with E-state index in [0.29, 0.717) is 28.6 Å². The maximum atomic E-state index is 14.0. The van der Waals surface area contributed by atoms with Gasteiger partial charge in [0.05, 0.1) is 10.6 Å². The molecule has 0 saturated carbocycles. The van der Waals surface area contributed by atoms with Crippen molar-refractivity contribution in [2.75, 3.05) is 17.4 Å². The normalized spacial score (nSPS) is 12.1. The Labute approximate surface area is 244 Å². The molecule has 7 nitrogen and oxygen atoms in total. The minimum Gasteiger partial charge on any atom is -0.354 e. The van der Waals surface area contributed by atoms with E-state index in [9.17, 15) is 22.4 Å². The average molecular weight is 609 g/mol. The summed E-state index contributed by atoms with van der Waals surface area (Å²) in [6.07, 6.45) is 0.972. The van der Waals surface area contributed by atoms with Gasteiger partial charge >= 0.3 is 0 Å². The zero-order valence-electron chi connectivity index (χ0n) is 22.5. The second-order valence-corrected chi connectivity index (χ2v) is 12.0. The first-order valence-electron chi connectivity index (χ1n) is 12.8. The summed E-state index contributed by atoms with van der Waals surface area (Å²) in [5, 5.41) is 3.53. The lowest BCUT2D eigenvalue weighted by atomic mass is 10.1. The average Bonchev–Trinajstić information content (AvgIpc) is 2.92. The van der Waals surface area contributed by atoms with Crippen LogP contribution in [-0.4, -0.2) is 44.3 Å². The monoisotopic (exact) mass is 607 g/mol. The summed E-state index contributed by atoms with van der Waals surface area (Å²) in [7, 11) is -4.25. The van der Waals surface area contributed by atoms with Crippen LogP contribution in [0.1, 0.15) is 37.8 Å². The van der Waals surface area contributed by atoms with Crippen molar-refractivity contribution in [3.05, 3.63) is 93.7 Å². The lowest BCUT2D eigenvalue weighted by Gasteiger charge is -2.33. The van der Waals surface area contributed by atoms with Gasteiger partial charge in [0.2, 0.25) is 11.8 Å². The molecule has 0 aromatic heterocycles. The summed E-state index contributed by atoms with van der Waals surface area (Å²) in [4.78, 5) is 28.4. The summed E-state index contributed by atoms with van der Waals surface area (Å²) in [6.45, 7) is 5.22. The third kappa shape index (κ3) is 7.74. The molecule has 1 N–H and O–H groups in total. The standard InChI is InChI=1S/C29H32Cl2FN3O4S/c1-4-16-33-29(37)27(5-2)34(18-21-8-9-22(30)17-26(21)31)28(36)19-35(24-12-10-23(32)11-13-24)40(38,39)25-14-6-20(3)7-15-25/h6-15,17,27H,4-5,16,18-19H2,1-3H3,(H,33,37)/t27-/m1/s1. The first kappa shape index (κ1) is 31.4. The van der Waals surface area contributed by atoms with Crippen molar-refractivity contribution in [2.45, 2.75) is 51.1 Å². The van der Waals surface area contributed by atoms with E-state index in [4.69, 9.17) is 23.2 Å². The molecule has 3 aromatic rings. The van der Waals surface area contributed by atoms with Crippen LogP contribution in [0.3, 0.4) is 0 Å². The first-order valence-corrected chi connectivity index (χ1v) is 15.0. The fourth-order valence-corrected chi connectivity index (χ4v) is 5.97. The molecule has 0 saturated heterocycles. The van der Waals surface area contributed by atoms with Gasteiger partial charge in [-0.25, -0.2) is 12.8 Å². The number of hydrogen-bond acceptors (Lipinski definition) is 4. The Hall–Kier alpha value is -3.14. The highest BCUT2D eigenvalue weighted by atomic mass is 35.5. The maximum absolute atomic E-state index is 14.0. The molecule has 40 heavy (non-hydrogen) atoms. The zero-order valence-corrected chi connectivity index (χ0v) is 24.9. The van der Waals surface area contributed by atoms with Gasteiger partial charge in [-0.3, -0.25) is 13.9 Å². The molecular weight excluding hydrogens is 576 g/mol. The Morgan fingerprint density at radius 2 is 1.62 bits per heavy atom. The lowest BCUT2D eigenvalue weighted by Crippen LogP contribution is -2.52. The van der Waals surface area contributed by atoms with E-state index in [0.717, 1.165) is 22.0 Å². The van der Waals surface area contributed by atoms with Crippen LogP contribution in [-0.2, 0) is 26.2 Å². The van der Waals surface area contributed by atoms with Gasteiger partial charge in [0.1, 0.15) is 18.4 Å². The van der Waals surface area contributed by atoms with Gasteiger partial charge in [0, 0.05) is 23.1 Å². The van der Waals surface area contributed by atoms with Crippen molar-refractivity contribution in [3.63, 3.8) is 0 Å². The van der Waals surface area contributed by atoms with Gasteiger partial charge in [-0.15, -0.1) is 0 Å². The summed E-state index contributed by atoms with van der Waals surface area (Å²) in [6, 6.07) is 14.9. The van der Waals surface area contributed by atoms with Crippen molar-refractivity contribution >= 4 is 50.7 Å². The predicted molar refractivity (Wildman–Crippen MR) is 157 cm³/mol. The highest BCUT2D eigenvalue weighted by Gasteiger charge is 2.34. The van der Waals surface area contributed by atoms with Crippen molar-refractivity contribution in [2.24, 2.45) is 0 Å². The number of rotatable bonds is 12. The minimum absolute atomic E-state index is 0.0322. The molecule has 0 spiro atoms. The molecule has 0 heterocycles. The number of hydrogen-bond donors (Lipinski definition) is 1. The number of amides is 2. The van der Waals surface area contributed by atoms with Gasteiger partial charge in [0.25, 0.3) is 10.0 Å². The predicted octanol–water partition coefficient (Wildman–Crippen LogP) is 5.97. The van der Waals surface area contributed by atoms with Crippen LogP contribution >= 0.6 is 23.2 Å². The van der Waals surface area contributed by atoms with E-state index in [2.05, 4.69) is 5.32 Å². The third-order valence-electron chi connectivity index (χ3n) is 6.29. The van der Waals surface area contributed by atoms with Crippen LogP contribution in [0.2, 0.25) is 10.0 Å². The van der Waals surface area contributed by atoms with Crippen LogP contribution in [0.25, 0.3) is 0 Å². The molecule has 0 fully saturated rings. The number of carbonyl (C=O) groups excluding carboxylic acids is 2. The van der Waals surface area contributed by atoms with E-state index in [1.54, 1.807) is 31.2 Å². The Morgan fingerprint density at radius 3 is 2.20 bits per heavy atom. The molecule has 0 aliphatic rings. The van der Waals surface area contributed by atoms with Crippen molar-refractivity contribution in [1.82, 2.24) is 10.2 Å². The van der Waals surface area contributed by atoms with Crippen LogP contribution in [0.5, 0.6) is 0 Å². The molecule has 214 valence electrons. The van der Waals surface area contributed by atoms with Gasteiger partial charge in [0.15, 0.2) is 0 Å². The molecule has 0 aliphatic carbocycles. The van der Waals surface area contributed by atoms with Gasteiger partial charge in [-0.2, -0.15) is 0 Å². The minimum atomic E-state index is -4.25. The Morgan fingerprint density at radius 1 is 0.975 bits per heavy atom. The second kappa shape index (κ2) is 14.0. The van der Waals surface area contributed by atoms with Gasteiger partial charge in [-0.05, 0) is 73.9 Å². The van der Waals surface area contributed by atoms with Crippen LogP contribution in [0, 0.1) is 12.7 Å². The highest BCUT2D eigenvalue weighted by Crippen LogP contribution is 2.27. The molecule has 0 bridgehead atoms. The van der Waals surface area contributed by atoms with E-state index in [1.165, 1.54) is 35.2 Å². The molecule has 0 radical (unpaired) electrons. The topological polar surface area (TPSA) is 86.8 Å². The summed E-state index contributed by atoms with van der Waals surface area (Å²) < 4.78 is 42.3. The zero-order chi connectivity index (χ0) is 29.4. The maximum Gasteiger partial charge on any atom is 0.264 e. The molecule has 3 aromatic carbocycles. The largest absolute Gasteiger partial charge is 0.354 e. The Bertz CT molecular complexity index is 1430. The molecule has 11 heteroatoms. The number of nitrogens with zero attached hydrogens (tertiary/aromatic N) is 2. The van der Waals surface area contributed by atoms with E-state index in [-0.39, 0.29) is 29.5 Å². The molecule has 0 unspecified atom stereocenters. The number of halogens is 3. The summed E-state index contributed by atoms with van der Waals surface area (Å²) in [5.74, 6) is -1.55. The smallest absolute Gasteiger partial charge is 0.264 e. The molecule has 3 rings (SSSR count). The number of benzene rings is 3. The summed E-state index contributed by atoms with van der Waals surface area (Å²) >= 11 is 12.5. The highest BCUT2D eigenvalue weighted by molar-refractivity contribution is 7.92. The first-order chi connectivity index (χ1) is 19.0. The van der Waals surface area contributed by atoms with Crippen molar-refractivity contribution in [1.29, 1.82) is 0 Å². The van der Waals surface area contributed by atoms with Gasteiger partial charge < -0.3 is 10.2 Å². The van der Waals surface area contributed by atoms with Crippen molar-refractivity contribution < 1.29 is 22.4 Å². The van der Waals surface area contributed by atoms with Crippen LogP contribution in [0.4, 0.5) is 10.1 Å². The van der Waals surface area contributed by atoms with Crippen LogP contribution < -0.4 is 9.62 Å². The SMILES string of the molecule is CCCNC(=O)[C@@H](CC)N(Cc1ccc(Cl)cc1Cl)C(=O)CN(c1ccc(F)cc1)S(=O)(=O)c1ccc(C)cc1. The Balaban J connectivity index is 2.06. The number of anilines is 1. The van der Waals surface area contributed by atoms with Crippen LogP contribution in [0.15, 0.2) is 71.6 Å². The molecule has 1 atom stereocenters. The Kier molecular flexibility index (Phi) is 11.0. The number of nitrogens with one attached hydrogen (secondary N) is 1. The molecule has 2 amide bonds. The third-order valence-corrected chi connectivity index (χ3v) is 8.67. The van der Waals surface area contributed by atoms with E-state index < -0.39 is 34.3 Å². The second-order valence-electron chi connectivity index (χ2n) is 9.27. The number of sulfonamides is 1. The van der Waals surface area contributed by atoms with Crippen molar-refractivity contribution in [3.8, 4) is 0 Å². The molecular formula is C29H32Cl2FN3O4S. The van der Waals surface area contributed by atoms with E-state index >= 15 is 0 Å². The lowest BCUT2D eigenvalue weighted by molar-refractivity contribution is -0.140. The summed E-state index contributed by atoms with van der Waals surface area (Å²) in [5.41, 5.74) is 1.50. The number of carbonyl (C=O) groups is 2. The molecule has 0 aliphatic heterocycles. The number of aryl methyl sites for hydroxylation is 1. The van der Waals surface area contributed by atoms with E-state index in [1.807, 2.05) is 13.8 Å². The quantitative estimate of drug-likeness (QED) is 0.275. The van der Waals surface area contributed by atoms with Gasteiger partial charge in [-0.1, -0.05) is 60.8 Å². The fourth-order valence-electron chi connectivity index (χ4n) is 4.09.